The van der Waals surface area contributed by atoms with Crippen LogP contribution in [-0.4, -0.2) is 28.5 Å². The van der Waals surface area contributed by atoms with Gasteiger partial charge in [0.15, 0.2) is 0 Å². The Morgan fingerprint density at radius 2 is 1.90 bits per heavy atom. The molecule has 6 heteroatoms. The predicted molar refractivity (Wildman–Crippen MR) is 87.4 cm³/mol. The Bertz CT molecular complexity index is 610. The molecule has 0 radical (unpaired) electrons. The first-order chi connectivity index (χ1) is 10.1. The first kappa shape index (κ1) is 15.6. The fourth-order valence-electron chi connectivity index (χ4n) is 1.69. The predicted octanol–water partition coefficient (Wildman–Crippen LogP) is 3.36. The first-order valence-electron chi connectivity index (χ1n) is 6.40. The van der Waals surface area contributed by atoms with Crippen LogP contribution in [0.2, 0.25) is 0 Å². The maximum atomic E-state index is 11.7. The number of hydrogen-bond acceptors (Lipinski definition) is 4. The summed E-state index contributed by atoms with van der Waals surface area (Å²) in [6.07, 6.45) is 0.931. The standard InChI is InChI=1S/C15H15NO3S2/c17-13(16-14-7-6-12(21-14)15(18)19)10-20-9-8-11-4-2-1-3-5-11/h1-7H,8-10H2,(H,16,17)(H,18,19). The zero-order chi connectivity index (χ0) is 15.1. The molecule has 0 aliphatic carbocycles. The third-order valence-electron chi connectivity index (χ3n) is 2.69. The topological polar surface area (TPSA) is 66.4 Å². The minimum Gasteiger partial charge on any atom is -0.477 e. The van der Waals surface area contributed by atoms with Crippen LogP contribution in [0.1, 0.15) is 15.2 Å². The lowest BCUT2D eigenvalue weighted by Crippen LogP contribution is -2.13. The molecular formula is C15H15NO3S2. The summed E-state index contributed by atoms with van der Waals surface area (Å²) in [7, 11) is 0. The fraction of sp³-hybridized carbons (Fsp3) is 0.200. The number of aryl methyl sites for hydroxylation is 1. The van der Waals surface area contributed by atoms with E-state index in [1.807, 2.05) is 18.2 Å². The fourth-order valence-corrected chi connectivity index (χ4v) is 3.24. The molecule has 1 heterocycles. The van der Waals surface area contributed by atoms with E-state index < -0.39 is 5.97 Å². The van der Waals surface area contributed by atoms with Crippen molar-refractivity contribution in [1.29, 1.82) is 0 Å². The minimum absolute atomic E-state index is 0.105. The monoisotopic (exact) mass is 321 g/mol. The number of nitrogens with one attached hydrogen (secondary N) is 1. The number of amides is 1. The van der Waals surface area contributed by atoms with E-state index in [-0.39, 0.29) is 10.8 Å². The van der Waals surface area contributed by atoms with Gasteiger partial charge in [-0.2, -0.15) is 11.8 Å². The van der Waals surface area contributed by atoms with Crippen molar-refractivity contribution in [3.05, 3.63) is 52.9 Å². The second-order valence-electron chi connectivity index (χ2n) is 4.31. The average molecular weight is 321 g/mol. The molecule has 2 aromatic rings. The third kappa shape index (κ3) is 5.24. The molecule has 1 aromatic carbocycles. The first-order valence-corrected chi connectivity index (χ1v) is 8.37. The lowest BCUT2D eigenvalue weighted by atomic mass is 10.2. The molecule has 0 fully saturated rings. The van der Waals surface area contributed by atoms with Crippen LogP contribution in [0, 0.1) is 0 Å². The summed E-state index contributed by atoms with van der Waals surface area (Å²) >= 11 is 2.63. The molecule has 0 atom stereocenters. The summed E-state index contributed by atoms with van der Waals surface area (Å²) in [6.45, 7) is 0. The lowest BCUT2D eigenvalue weighted by Gasteiger charge is -2.03. The Morgan fingerprint density at radius 1 is 1.14 bits per heavy atom. The molecule has 110 valence electrons. The van der Waals surface area contributed by atoms with Gasteiger partial charge in [0.25, 0.3) is 0 Å². The molecule has 2 rings (SSSR count). The van der Waals surface area contributed by atoms with Gasteiger partial charge in [-0.05, 0) is 29.9 Å². The van der Waals surface area contributed by atoms with Crippen LogP contribution in [0.3, 0.4) is 0 Å². The summed E-state index contributed by atoms with van der Waals surface area (Å²) in [4.78, 5) is 22.7. The Labute approximate surface area is 131 Å². The van der Waals surface area contributed by atoms with E-state index >= 15 is 0 Å². The zero-order valence-corrected chi connectivity index (χ0v) is 12.9. The number of carboxylic acid groups (broad SMARTS) is 1. The summed E-state index contributed by atoms with van der Waals surface area (Å²) in [5.41, 5.74) is 1.26. The van der Waals surface area contributed by atoms with Crippen LogP contribution in [0.25, 0.3) is 0 Å². The highest BCUT2D eigenvalue weighted by atomic mass is 32.2. The number of anilines is 1. The van der Waals surface area contributed by atoms with E-state index in [0.717, 1.165) is 23.5 Å². The number of rotatable bonds is 7. The van der Waals surface area contributed by atoms with E-state index in [1.54, 1.807) is 17.8 Å². The minimum atomic E-state index is -0.974. The SMILES string of the molecule is O=C(CSCCc1ccccc1)Nc1ccc(C(=O)O)s1. The van der Waals surface area contributed by atoms with E-state index in [1.165, 1.54) is 11.6 Å². The Morgan fingerprint density at radius 3 is 2.57 bits per heavy atom. The maximum Gasteiger partial charge on any atom is 0.345 e. The Balaban J connectivity index is 1.68. The number of carboxylic acids is 1. The van der Waals surface area contributed by atoms with Gasteiger partial charge in [0, 0.05) is 0 Å². The number of thioether (sulfide) groups is 1. The van der Waals surface area contributed by atoms with E-state index in [4.69, 9.17) is 5.11 Å². The summed E-state index contributed by atoms with van der Waals surface area (Å²) in [6, 6.07) is 13.2. The molecule has 1 amide bonds. The van der Waals surface area contributed by atoms with Crippen molar-refractivity contribution in [1.82, 2.24) is 0 Å². The van der Waals surface area contributed by atoms with Gasteiger partial charge < -0.3 is 10.4 Å². The van der Waals surface area contributed by atoms with Crippen molar-refractivity contribution >= 4 is 40.0 Å². The van der Waals surface area contributed by atoms with Gasteiger partial charge >= 0.3 is 5.97 Å². The largest absolute Gasteiger partial charge is 0.477 e. The molecule has 4 nitrogen and oxygen atoms in total. The lowest BCUT2D eigenvalue weighted by molar-refractivity contribution is -0.113. The molecular weight excluding hydrogens is 306 g/mol. The zero-order valence-electron chi connectivity index (χ0n) is 11.2. The van der Waals surface area contributed by atoms with Gasteiger partial charge in [-0.3, -0.25) is 4.79 Å². The number of carbonyl (C=O) groups excluding carboxylic acids is 1. The molecule has 0 saturated carbocycles. The van der Waals surface area contributed by atoms with Gasteiger partial charge in [-0.25, -0.2) is 4.79 Å². The van der Waals surface area contributed by atoms with Crippen molar-refractivity contribution in [2.45, 2.75) is 6.42 Å². The molecule has 0 spiro atoms. The van der Waals surface area contributed by atoms with Crippen LogP contribution in [-0.2, 0) is 11.2 Å². The number of thiophene rings is 1. The van der Waals surface area contributed by atoms with Crippen molar-refractivity contribution < 1.29 is 14.7 Å². The number of benzene rings is 1. The van der Waals surface area contributed by atoms with Crippen molar-refractivity contribution in [2.75, 3.05) is 16.8 Å². The molecule has 0 saturated heterocycles. The molecule has 0 aliphatic heterocycles. The quantitative estimate of drug-likeness (QED) is 0.767. The second kappa shape index (κ2) is 7.85. The summed E-state index contributed by atoms with van der Waals surface area (Å²) < 4.78 is 0. The highest BCUT2D eigenvalue weighted by Crippen LogP contribution is 2.22. The number of hydrogen-bond donors (Lipinski definition) is 2. The van der Waals surface area contributed by atoms with Crippen LogP contribution < -0.4 is 5.32 Å². The van der Waals surface area contributed by atoms with Gasteiger partial charge in [0.05, 0.1) is 10.8 Å². The van der Waals surface area contributed by atoms with Crippen LogP contribution in [0.5, 0.6) is 0 Å². The van der Waals surface area contributed by atoms with Crippen LogP contribution >= 0.6 is 23.1 Å². The highest BCUT2D eigenvalue weighted by molar-refractivity contribution is 7.99. The van der Waals surface area contributed by atoms with Gasteiger partial charge in [0.1, 0.15) is 4.88 Å². The van der Waals surface area contributed by atoms with E-state index in [9.17, 15) is 9.59 Å². The van der Waals surface area contributed by atoms with Crippen molar-refractivity contribution in [3.63, 3.8) is 0 Å². The normalized spacial score (nSPS) is 10.3. The molecule has 2 N–H and O–H groups in total. The second-order valence-corrected chi connectivity index (χ2v) is 6.49. The van der Waals surface area contributed by atoms with Gasteiger partial charge in [0.2, 0.25) is 5.91 Å². The van der Waals surface area contributed by atoms with Crippen LogP contribution in [0.15, 0.2) is 42.5 Å². The molecule has 21 heavy (non-hydrogen) atoms. The van der Waals surface area contributed by atoms with Gasteiger partial charge in [-0.15, -0.1) is 11.3 Å². The Kier molecular flexibility index (Phi) is 5.83. The van der Waals surface area contributed by atoms with Crippen LogP contribution in [0.4, 0.5) is 5.00 Å². The van der Waals surface area contributed by atoms with E-state index in [0.29, 0.717) is 10.8 Å². The third-order valence-corrected chi connectivity index (χ3v) is 4.64. The van der Waals surface area contributed by atoms with Crippen molar-refractivity contribution in [3.8, 4) is 0 Å². The smallest absolute Gasteiger partial charge is 0.345 e. The molecule has 0 unspecified atom stereocenters. The molecule has 0 bridgehead atoms. The van der Waals surface area contributed by atoms with E-state index in [2.05, 4.69) is 17.4 Å². The highest BCUT2D eigenvalue weighted by Gasteiger charge is 2.09. The summed E-state index contributed by atoms with van der Waals surface area (Å²) in [5, 5.41) is 12.1. The maximum absolute atomic E-state index is 11.7. The van der Waals surface area contributed by atoms with Gasteiger partial charge in [-0.1, -0.05) is 30.3 Å². The van der Waals surface area contributed by atoms with Crippen molar-refractivity contribution in [2.24, 2.45) is 0 Å². The Hall–Kier alpha value is -1.79. The summed E-state index contributed by atoms with van der Waals surface area (Å²) in [5.74, 6) is 0.166. The molecule has 1 aromatic heterocycles. The average Bonchev–Trinajstić information content (AvgIpc) is 2.93. The molecule has 0 aliphatic rings. The number of aromatic carboxylic acids is 1. The number of carbonyl (C=O) groups is 2.